The van der Waals surface area contributed by atoms with Crippen molar-refractivity contribution >= 4 is 5.91 Å². The Bertz CT molecular complexity index is 180. The SMILES string of the molecule is CN[C@H](CN1CCCC1=O)C(C)C. The van der Waals surface area contributed by atoms with Gasteiger partial charge in [0.1, 0.15) is 0 Å². The number of carbonyl (C=O) groups excluding carboxylic acids is 1. The third kappa shape index (κ3) is 2.69. The molecule has 13 heavy (non-hydrogen) atoms. The molecule has 76 valence electrons. The van der Waals surface area contributed by atoms with Crippen LogP contribution in [0.5, 0.6) is 0 Å². The minimum Gasteiger partial charge on any atom is -0.341 e. The monoisotopic (exact) mass is 184 g/mol. The fourth-order valence-electron chi connectivity index (χ4n) is 1.77. The first kappa shape index (κ1) is 10.5. The molecule has 1 rings (SSSR count). The van der Waals surface area contributed by atoms with Crippen molar-refractivity contribution in [2.45, 2.75) is 32.7 Å². The average molecular weight is 184 g/mol. The van der Waals surface area contributed by atoms with E-state index in [4.69, 9.17) is 0 Å². The third-order valence-electron chi connectivity index (χ3n) is 2.76. The number of hydrogen-bond acceptors (Lipinski definition) is 2. The summed E-state index contributed by atoms with van der Waals surface area (Å²) in [6.07, 6.45) is 1.78. The molecule has 0 radical (unpaired) electrons. The molecule has 0 aliphatic carbocycles. The van der Waals surface area contributed by atoms with Crippen LogP contribution in [0.3, 0.4) is 0 Å². The highest BCUT2D eigenvalue weighted by Gasteiger charge is 2.23. The van der Waals surface area contributed by atoms with Gasteiger partial charge in [-0.15, -0.1) is 0 Å². The number of nitrogens with one attached hydrogen (secondary N) is 1. The molecule has 1 aliphatic heterocycles. The highest BCUT2D eigenvalue weighted by atomic mass is 16.2. The van der Waals surface area contributed by atoms with Crippen molar-refractivity contribution < 1.29 is 4.79 Å². The van der Waals surface area contributed by atoms with E-state index < -0.39 is 0 Å². The van der Waals surface area contributed by atoms with E-state index in [-0.39, 0.29) is 0 Å². The number of likely N-dealkylation sites (tertiary alicyclic amines) is 1. The van der Waals surface area contributed by atoms with Crippen LogP contribution in [0.4, 0.5) is 0 Å². The van der Waals surface area contributed by atoms with Crippen molar-refractivity contribution in [3.63, 3.8) is 0 Å². The maximum Gasteiger partial charge on any atom is 0.222 e. The number of nitrogens with zero attached hydrogens (tertiary/aromatic N) is 1. The number of amides is 1. The summed E-state index contributed by atoms with van der Waals surface area (Å²) in [7, 11) is 1.96. The Kier molecular flexibility index (Phi) is 3.72. The van der Waals surface area contributed by atoms with Crippen molar-refractivity contribution in [2.75, 3.05) is 20.1 Å². The summed E-state index contributed by atoms with van der Waals surface area (Å²) in [6.45, 7) is 6.18. The Hall–Kier alpha value is -0.570. The topological polar surface area (TPSA) is 32.3 Å². The number of carbonyl (C=O) groups is 1. The molecular weight excluding hydrogens is 164 g/mol. The number of hydrogen-bond donors (Lipinski definition) is 1. The Morgan fingerprint density at radius 1 is 1.54 bits per heavy atom. The van der Waals surface area contributed by atoms with Crippen LogP contribution in [0.2, 0.25) is 0 Å². The molecule has 0 saturated carbocycles. The van der Waals surface area contributed by atoms with Gasteiger partial charge in [0, 0.05) is 25.6 Å². The molecule has 0 unspecified atom stereocenters. The van der Waals surface area contributed by atoms with E-state index in [1.165, 1.54) is 0 Å². The lowest BCUT2D eigenvalue weighted by molar-refractivity contribution is -0.128. The molecule has 1 heterocycles. The summed E-state index contributed by atoms with van der Waals surface area (Å²) in [5, 5.41) is 3.26. The summed E-state index contributed by atoms with van der Waals surface area (Å²) in [5.41, 5.74) is 0. The van der Waals surface area contributed by atoms with Crippen molar-refractivity contribution in [1.82, 2.24) is 10.2 Å². The first-order valence-corrected chi connectivity index (χ1v) is 5.10. The molecule has 1 amide bonds. The molecule has 0 aromatic heterocycles. The van der Waals surface area contributed by atoms with E-state index in [9.17, 15) is 4.79 Å². The first-order chi connectivity index (χ1) is 6.15. The largest absolute Gasteiger partial charge is 0.341 e. The van der Waals surface area contributed by atoms with Crippen molar-refractivity contribution in [3.8, 4) is 0 Å². The third-order valence-corrected chi connectivity index (χ3v) is 2.76. The van der Waals surface area contributed by atoms with Crippen LogP contribution in [0.25, 0.3) is 0 Å². The second kappa shape index (κ2) is 4.61. The zero-order chi connectivity index (χ0) is 9.84. The van der Waals surface area contributed by atoms with Gasteiger partial charge in [-0.25, -0.2) is 0 Å². The van der Waals surface area contributed by atoms with Gasteiger partial charge in [-0.05, 0) is 19.4 Å². The number of likely N-dealkylation sites (N-methyl/N-ethyl adjacent to an activating group) is 1. The van der Waals surface area contributed by atoms with Gasteiger partial charge in [-0.1, -0.05) is 13.8 Å². The highest BCUT2D eigenvalue weighted by molar-refractivity contribution is 5.78. The minimum atomic E-state index is 0.320. The normalized spacial score (nSPS) is 20.0. The molecule has 0 aromatic rings. The van der Waals surface area contributed by atoms with Crippen molar-refractivity contribution in [3.05, 3.63) is 0 Å². The van der Waals surface area contributed by atoms with Crippen molar-refractivity contribution in [2.24, 2.45) is 5.92 Å². The number of rotatable bonds is 4. The van der Waals surface area contributed by atoms with E-state index in [2.05, 4.69) is 19.2 Å². The summed E-state index contributed by atoms with van der Waals surface area (Å²) in [6, 6.07) is 0.432. The quantitative estimate of drug-likeness (QED) is 0.702. The Balaban J connectivity index is 2.41. The molecule has 0 bridgehead atoms. The summed E-state index contributed by atoms with van der Waals surface area (Å²) in [4.78, 5) is 13.3. The van der Waals surface area contributed by atoms with Crippen molar-refractivity contribution in [1.29, 1.82) is 0 Å². The minimum absolute atomic E-state index is 0.320. The Morgan fingerprint density at radius 2 is 2.23 bits per heavy atom. The zero-order valence-corrected chi connectivity index (χ0v) is 8.84. The van der Waals surface area contributed by atoms with Gasteiger partial charge < -0.3 is 10.2 Å². The fraction of sp³-hybridized carbons (Fsp3) is 0.900. The molecule has 1 fully saturated rings. The van der Waals surface area contributed by atoms with Crippen LogP contribution in [-0.2, 0) is 4.79 Å². The maximum atomic E-state index is 11.3. The van der Waals surface area contributed by atoms with Gasteiger partial charge in [0.25, 0.3) is 0 Å². The van der Waals surface area contributed by atoms with E-state index in [1.807, 2.05) is 11.9 Å². The molecule has 0 aromatic carbocycles. The van der Waals surface area contributed by atoms with Crippen LogP contribution in [0.15, 0.2) is 0 Å². The van der Waals surface area contributed by atoms with E-state index in [1.54, 1.807) is 0 Å². The summed E-state index contributed by atoms with van der Waals surface area (Å²) in [5.74, 6) is 0.902. The van der Waals surface area contributed by atoms with Crippen LogP contribution in [0.1, 0.15) is 26.7 Å². The molecule has 3 nitrogen and oxygen atoms in total. The Labute approximate surface area is 80.5 Å². The fourth-order valence-corrected chi connectivity index (χ4v) is 1.77. The zero-order valence-electron chi connectivity index (χ0n) is 8.84. The lowest BCUT2D eigenvalue weighted by Crippen LogP contribution is -2.43. The molecule has 1 atom stereocenters. The van der Waals surface area contributed by atoms with Gasteiger partial charge in [-0.3, -0.25) is 4.79 Å². The summed E-state index contributed by atoms with van der Waals surface area (Å²) >= 11 is 0. The molecule has 1 N–H and O–H groups in total. The lowest BCUT2D eigenvalue weighted by atomic mass is 10.0. The molecule has 1 saturated heterocycles. The summed E-state index contributed by atoms with van der Waals surface area (Å²) < 4.78 is 0. The first-order valence-electron chi connectivity index (χ1n) is 5.10. The van der Waals surface area contributed by atoms with E-state index in [0.29, 0.717) is 17.9 Å². The van der Waals surface area contributed by atoms with Gasteiger partial charge >= 0.3 is 0 Å². The molecule has 0 spiro atoms. The van der Waals surface area contributed by atoms with Gasteiger partial charge in [0.05, 0.1) is 0 Å². The predicted molar refractivity (Wildman–Crippen MR) is 53.5 cm³/mol. The predicted octanol–water partition coefficient (Wildman–Crippen LogP) is 0.853. The second-order valence-electron chi connectivity index (χ2n) is 4.08. The van der Waals surface area contributed by atoms with Gasteiger partial charge in [-0.2, -0.15) is 0 Å². The highest BCUT2D eigenvalue weighted by Crippen LogP contribution is 2.12. The second-order valence-corrected chi connectivity index (χ2v) is 4.08. The maximum absolute atomic E-state index is 11.3. The van der Waals surface area contributed by atoms with Gasteiger partial charge in [0.15, 0.2) is 0 Å². The Morgan fingerprint density at radius 3 is 2.62 bits per heavy atom. The molecular formula is C10H20N2O. The average Bonchev–Trinajstić information content (AvgIpc) is 2.46. The van der Waals surface area contributed by atoms with Crippen LogP contribution < -0.4 is 5.32 Å². The molecule has 1 aliphatic rings. The lowest BCUT2D eigenvalue weighted by Gasteiger charge is -2.26. The van der Waals surface area contributed by atoms with Crippen LogP contribution >= 0.6 is 0 Å². The van der Waals surface area contributed by atoms with Crippen LogP contribution in [-0.4, -0.2) is 37.0 Å². The molecule has 3 heteroatoms. The van der Waals surface area contributed by atoms with E-state index in [0.717, 1.165) is 25.9 Å². The standard InChI is InChI=1S/C10H20N2O/c1-8(2)9(11-3)7-12-6-4-5-10(12)13/h8-9,11H,4-7H2,1-3H3/t9-/m1/s1. The van der Waals surface area contributed by atoms with Gasteiger partial charge in [0.2, 0.25) is 5.91 Å². The smallest absolute Gasteiger partial charge is 0.222 e. The van der Waals surface area contributed by atoms with E-state index >= 15 is 0 Å². The van der Waals surface area contributed by atoms with Crippen LogP contribution in [0, 0.1) is 5.92 Å².